The summed E-state index contributed by atoms with van der Waals surface area (Å²) < 4.78 is 0. The highest BCUT2D eigenvalue weighted by Gasteiger charge is 2.37. The van der Waals surface area contributed by atoms with Gasteiger partial charge in [-0.2, -0.15) is 0 Å². The number of benzene rings is 1. The number of hydrogen-bond acceptors (Lipinski definition) is 3. The van der Waals surface area contributed by atoms with Crippen molar-refractivity contribution in [3.63, 3.8) is 0 Å². The van der Waals surface area contributed by atoms with E-state index in [0.717, 1.165) is 29.0 Å². The second kappa shape index (κ2) is 6.41. The molecule has 26 heavy (non-hydrogen) atoms. The van der Waals surface area contributed by atoms with Gasteiger partial charge in [0.1, 0.15) is 11.2 Å². The molecule has 0 unspecified atom stereocenters. The minimum atomic E-state index is -0.140. The van der Waals surface area contributed by atoms with Gasteiger partial charge >= 0.3 is 0 Å². The fraction of sp³-hybridized carbons (Fsp3) is 0.500. The van der Waals surface area contributed by atoms with Gasteiger partial charge < -0.3 is 10.6 Å². The number of thiophene rings is 1. The number of hydrogen-bond donors (Lipinski definition) is 2. The van der Waals surface area contributed by atoms with E-state index < -0.39 is 0 Å². The van der Waals surface area contributed by atoms with Crippen molar-refractivity contribution in [2.75, 3.05) is 5.32 Å². The minimum absolute atomic E-state index is 0.0812. The number of carbonyl (C=O) groups excluding carboxylic acids is 1. The number of carbonyl (C=O) groups is 1. The van der Waals surface area contributed by atoms with Gasteiger partial charge in [-0.1, -0.05) is 51.5 Å². The van der Waals surface area contributed by atoms with Crippen LogP contribution >= 0.6 is 11.3 Å². The zero-order chi connectivity index (χ0) is 18.5. The summed E-state index contributed by atoms with van der Waals surface area (Å²) in [6.07, 6.45) is 4.38. The summed E-state index contributed by atoms with van der Waals surface area (Å²) in [5.41, 5.74) is 4.90. The molecule has 2 atom stereocenters. The highest BCUT2D eigenvalue weighted by Crippen LogP contribution is 2.47. The molecule has 2 aliphatic rings. The predicted molar refractivity (Wildman–Crippen MR) is 109 cm³/mol. The molecule has 138 valence electrons. The van der Waals surface area contributed by atoms with E-state index in [1.165, 1.54) is 28.8 Å². The molecule has 0 bridgehead atoms. The van der Waals surface area contributed by atoms with Crippen molar-refractivity contribution in [2.24, 2.45) is 11.3 Å². The summed E-state index contributed by atoms with van der Waals surface area (Å²) >= 11 is 1.80. The Kier molecular flexibility index (Phi) is 4.34. The van der Waals surface area contributed by atoms with E-state index in [9.17, 15) is 4.79 Å². The Morgan fingerprint density at radius 2 is 2.00 bits per heavy atom. The summed E-state index contributed by atoms with van der Waals surface area (Å²) in [6.45, 7) is 9.15. The van der Waals surface area contributed by atoms with Crippen LogP contribution in [-0.4, -0.2) is 5.91 Å². The summed E-state index contributed by atoms with van der Waals surface area (Å²) in [4.78, 5) is 14.3. The van der Waals surface area contributed by atoms with Crippen LogP contribution in [0.5, 0.6) is 0 Å². The van der Waals surface area contributed by atoms with Gasteiger partial charge in [0, 0.05) is 4.88 Å². The first-order chi connectivity index (χ1) is 12.4. The van der Waals surface area contributed by atoms with Gasteiger partial charge in [-0.05, 0) is 54.2 Å². The van der Waals surface area contributed by atoms with Crippen molar-refractivity contribution < 1.29 is 4.79 Å². The Labute approximate surface area is 160 Å². The van der Waals surface area contributed by atoms with Crippen molar-refractivity contribution in [2.45, 2.75) is 59.5 Å². The molecule has 0 fully saturated rings. The maximum absolute atomic E-state index is 12.9. The monoisotopic (exact) mass is 368 g/mol. The number of anilines is 1. The quantitative estimate of drug-likeness (QED) is 0.756. The van der Waals surface area contributed by atoms with Gasteiger partial charge in [0.05, 0.1) is 5.56 Å². The van der Waals surface area contributed by atoms with Gasteiger partial charge in [0.25, 0.3) is 5.91 Å². The topological polar surface area (TPSA) is 41.1 Å². The second-order valence-corrected chi connectivity index (χ2v) is 9.50. The second-order valence-electron chi connectivity index (χ2n) is 8.40. The first-order valence-corrected chi connectivity index (χ1v) is 10.5. The molecule has 1 aromatic heterocycles. The van der Waals surface area contributed by atoms with E-state index in [1.807, 2.05) is 12.1 Å². The van der Waals surface area contributed by atoms with Crippen molar-refractivity contribution in [1.82, 2.24) is 5.32 Å². The molecule has 3 nitrogen and oxygen atoms in total. The molecular formula is C22H28N2OS. The van der Waals surface area contributed by atoms with Crippen LogP contribution in [0.1, 0.15) is 71.7 Å². The summed E-state index contributed by atoms with van der Waals surface area (Å²) in [5, 5.41) is 7.83. The molecule has 4 rings (SSSR count). The lowest BCUT2D eigenvalue weighted by molar-refractivity contribution is 0.0934. The van der Waals surface area contributed by atoms with Gasteiger partial charge in [-0.15, -0.1) is 11.3 Å². The van der Waals surface area contributed by atoms with Gasteiger partial charge in [0.2, 0.25) is 0 Å². The number of aryl methyl sites for hydroxylation is 1. The Morgan fingerprint density at radius 1 is 1.23 bits per heavy atom. The Balaban J connectivity index is 1.65. The third kappa shape index (κ3) is 2.84. The highest BCUT2D eigenvalue weighted by molar-refractivity contribution is 7.16. The standard InChI is InChI=1S/C22H28N2OS/c1-5-22(3,4)14-10-11-16-17(12-14)26-21-18(16)20(25)23-19(24-21)15-9-7-6-8-13(15)2/h6-9,14,19,24H,5,10-12H2,1-4H3,(H,23,25)/t14-,19+/m0/s1. The zero-order valence-electron chi connectivity index (χ0n) is 16.1. The van der Waals surface area contributed by atoms with E-state index in [0.29, 0.717) is 11.3 Å². The van der Waals surface area contributed by atoms with Crippen LogP contribution in [-0.2, 0) is 12.8 Å². The van der Waals surface area contributed by atoms with Crippen LogP contribution in [0.2, 0.25) is 0 Å². The summed E-state index contributed by atoms with van der Waals surface area (Å²) in [6, 6.07) is 8.25. The molecule has 0 radical (unpaired) electrons. The van der Waals surface area contributed by atoms with Crippen LogP contribution in [0, 0.1) is 18.3 Å². The maximum Gasteiger partial charge on any atom is 0.256 e. The first-order valence-electron chi connectivity index (χ1n) is 9.68. The van der Waals surface area contributed by atoms with Gasteiger partial charge in [-0.25, -0.2) is 0 Å². The Morgan fingerprint density at radius 3 is 2.73 bits per heavy atom. The number of fused-ring (bicyclic) bond motifs is 3. The van der Waals surface area contributed by atoms with Crippen molar-refractivity contribution in [3.05, 3.63) is 51.4 Å². The molecule has 1 aromatic carbocycles. The molecule has 0 spiro atoms. The number of rotatable bonds is 3. The largest absolute Gasteiger partial charge is 0.353 e. The number of amides is 1. The molecule has 1 amide bonds. The van der Waals surface area contributed by atoms with E-state index in [-0.39, 0.29) is 12.1 Å². The smallest absolute Gasteiger partial charge is 0.256 e. The highest BCUT2D eigenvalue weighted by atomic mass is 32.1. The first kappa shape index (κ1) is 17.6. The average molecular weight is 369 g/mol. The van der Waals surface area contributed by atoms with Gasteiger partial charge in [-0.3, -0.25) is 4.79 Å². The number of nitrogens with one attached hydrogen (secondary N) is 2. The molecule has 0 saturated heterocycles. The van der Waals surface area contributed by atoms with Crippen molar-refractivity contribution >= 4 is 22.2 Å². The molecule has 4 heteroatoms. The third-order valence-corrected chi connectivity index (χ3v) is 7.74. The van der Waals surface area contributed by atoms with E-state index >= 15 is 0 Å². The normalized spacial score (nSPS) is 22.2. The summed E-state index contributed by atoms with van der Waals surface area (Å²) in [5.74, 6) is 0.785. The minimum Gasteiger partial charge on any atom is -0.353 e. The van der Waals surface area contributed by atoms with Crippen LogP contribution in [0.25, 0.3) is 0 Å². The van der Waals surface area contributed by atoms with Crippen LogP contribution < -0.4 is 10.6 Å². The third-order valence-electron chi connectivity index (χ3n) is 6.56. The Bertz CT molecular complexity index is 852. The SMILES string of the molecule is CCC(C)(C)[C@H]1CCc2c(sc3c2C(=O)N[C@@H](c2ccccc2C)N3)C1. The van der Waals surface area contributed by atoms with Gasteiger partial charge in [0.15, 0.2) is 0 Å². The average Bonchev–Trinajstić information content (AvgIpc) is 3.00. The van der Waals surface area contributed by atoms with Crippen molar-refractivity contribution in [1.29, 1.82) is 0 Å². The molecule has 2 aromatic rings. The zero-order valence-corrected chi connectivity index (χ0v) is 16.9. The van der Waals surface area contributed by atoms with Crippen LogP contribution in [0.15, 0.2) is 24.3 Å². The molecule has 1 aliphatic heterocycles. The van der Waals surface area contributed by atoms with Crippen molar-refractivity contribution in [3.8, 4) is 0 Å². The maximum atomic E-state index is 12.9. The molecule has 2 N–H and O–H groups in total. The molecule has 0 saturated carbocycles. The van der Waals surface area contributed by atoms with E-state index in [2.05, 4.69) is 50.5 Å². The Hall–Kier alpha value is -1.81. The predicted octanol–water partition coefficient (Wildman–Crippen LogP) is 5.45. The van der Waals surface area contributed by atoms with Crippen LogP contribution in [0.4, 0.5) is 5.00 Å². The van der Waals surface area contributed by atoms with Crippen LogP contribution in [0.3, 0.4) is 0 Å². The molecular weight excluding hydrogens is 340 g/mol. The van der Waals surface area contributed by atoms with E-state index in [4.69, 9.17) is 0 Å². The lowest BCUT2D eigenvalue weighted by Gasteiger charge is -2.36. The van der Waals surface area contributed by atoms with E-state index in [1.54, 1.807) is 11.3 Å². The fourth-order valence-electron chi connectivity index (χ4n) is 4.32. The lowest BCUT2D eigenvalue weighted by Crippen LogP contribution is -2.38. The summed E-state index contributed by atoms with van der Waals surface area (Å²) in [7, 11) is 0. The fourth-order valence-corrected chi connectivity index (χ4v) is 5.67. The lowest BCUT2D eigenvalue weighted by atomic mass is 9.69. The molecule has 1 aliphatic carbocycles. The molecule has 2 heterocycles.